The first-order valence-electron chi connectivity index (χ1n) is 9.47. The van der Waals surface area contributed by atoms with E-state index in [1.165, 1.54) is 0 Å². The van der Waals surface area contributed by atoms with Crippen LogP contribution in [0.3, 0.4) is 0 Å². The fourth-order valence-electron chi connectivity index (χ4n) is 3.69. The minimum atomic E-state index is -1.96. The Bertz CT molecular complexity index is 1380. The average molecular weight is 411 g/mol. The summed E-state index contributed by atoms with van der Waals surface area (Å²) in [5.74, 6) is -0.418. The van der Waals surface area contributed by atoms with Crippen molar-refractivity contribution in [3.05, 3.63) is 84.2 Å². The molecule has 3 aromatic heterocycles. The summed E-state index contributed by atoms with van der Waals surface area (Å²) in [5, 5.41) is 26.2. The molecule has 5 aromatic rings. The van der Waals surface area contributed by atoms with E-state index in [1.807, 2.05) is 24.4 Å². The summed E-state index contributed by atoms with van der Waals surface area (Å²) in [6.07, 6.45) is 3.48. The molecule has 3 heterocycles. The maximum atomic E-state index is 12.3. The lowest BCUT2D eigenvalue weighted by molar-refractivity contribution is -0.133. The average Bonchev–Trinajstić information content (AvgIpc) is 3.49. The van der Waals surface area contributed by atoms with Crippen LogP contribution in [0.25, 0.3) is 33.5 Å². The molecular weight excluding hydrogens is 394 g/mol. The molecule has 1 unspecified atom stereocenters. The first-order valence-corrected chi connectivity index (χ1v) is 9.47. The predicted molar refractivity (Wildman–Crippen MR) is 113 cm³/mol. The zero-order valence-electron chi connectivity index (χ0n) is 16.1. The van der Waals surface area contributed by atoms with Crippen molar-refractivity contribution in [1.29, 1.82) is 0 Å². The summed E-state index contributed by atoms with van der Waals surface area (Å²) in [7, 11) is 0. The molecule has 1 amide bonds. The van der Waals surface area contributed by atoms with Crippen LogP contribution in [0.2, 0.25) is 0 Å². The molecule has 31 heavy (non-hydrogen) atoms. The van der Waals surface area contributed by atoms with Crippen LogP contribution in [0.15, 0.2) is 73.1 Å². The van der Waals surface area contributed by atoms with Crippen molar-refractivity contribution in [2.75, 3.05) is 0 Å². The minimum Gasteiger partial charge on any atom is -0.372 e. The van der Waals surface area contributed by atoms with Gasteiger partial charge in [-0.2, -0.15) is 5.21 Å². The molecule has 0 bridgehead atoms. The third-order valence-electron chi connectivity index (χ3n) is 5.27. The molecule has 0 aliphatic carbocycles. The number of nitrogens with zero attached hydrogens (tertiary/aromatic N) is 4. The van der Waals surface area contributed by atoms with Gasteiger partial charge in [0.1, 0.15) is 5.65 Å². The third-order valence-corrected chi connectivity index (χ3v) is 5.27. The van der Waals surface area contributed by atoms with Crippen molar-refractivity contribution in [2.24, 2.45) is 5.73 Å². The summed E-state index contributed by atoms with van der Waals surface area (Å²) < 4.78 is 0. The summed E-state index contributed by atoms with van der Waals surface area (Å²) in [6, 6.07) is 17.6. The number of tetrazole rings is 1. The number of fused-ring (bicyclic) bond motifs is 1. The fourth-order valence-corrected chi connectivity index (χ4v) is 3.69. The van der Waals surface area contributed by atoms with E-state index >= 15 is 0 Å². The van der Waals surface area contributed by atoms with Crippen molar-refractivity contribution in [2.45, 2.75) is 5.60 Å². The van der Waals surface area contributed by atoms with Crippen LogP contribution in [-0.4, -0.2) is 41.6 Å². The Morgan fingerprint density at radius 1 is 1.00 bits per heavy atom. The summed E-state index contributed by atoms with van der Waals surface area (Å²) >= 11 is 0. The Morgan fingerprint density at radius 3 is 2.55 bits per heavy atom. The second-order valence-corrected chi connectivity index (χ2v) is 7.08. The Hall–Kier alpha value is -4.37. The van der Waals surface area contributed by atoms with E-state index in [9.17, 15) is 9.90 Å². The van der Waals surface area contributed by atoms with Gasteiger partial charge in [0.2, 0.25) is 5.82 Å². The highest BCUT2D eigenvalue weighted by Crippen LogP contribution is 2.35. The normalized spacial score (nSPS) is 13.2. The maximum absolute atomic E-state index is 12.3. The number of nitrogens with two attached hydrogens (primary N) is 1. The van der Waals surface area contributed by atoms with Gasteiger partial charge in [-0.15, -0.1) is 10.2 Å². The van der Waals surface area contributed by atoms with E-state index in [0.717, 1.165) is 16.5 Å². The van der Waals surface area contributed by atoms with E-state index in [-0.39, 0.29) is 0 Å². The van der Waals surface area contributed by atoms with E-state index in [1.54, 1.807) is 48.7 Å². The molecule has 152 valence electrons. The summed E-state index contributed by atoms with van der Waals surface area (Å²) in [5.41, 5.74) is 7.47. The number of amides is 1. The Kier molecular flexibility index (Phi) is 4.30. The molecule has 0 aliphatic heterocycles. The van der Waals surface area contributed by atoms with Gasteiger partial charge in [0.25, 0.3) is 5.91 Å². The van der Waals surface area contributed by atoms with Gasteiger partial charge < -0.3 is 15.8 Å². The van der Waals surface area contributed by atoms with Gasteiger partial charge in [0.15, 0.2) is 5.60 Å². The SMILES string of the molecule is NC(=O)C(O)(c1ccccc1)c1cccc(-c2c[nH]c3ncc(-c4nn[nH]n4)cc23)c1. The fraction of sp³-hybridized carbons (Fsp3) is 0.0455. The van der Waals surface area contributed by atoms with Crippen LogP contribution >= 0.6 is 0 Å². The number of primary amides is 1. The van der Waals surface area contributed by atoms with Gasteiger partial charge >= 0.3 is 0 Å². The molecule has 0 saturated carbocycles. The second-order valence-electron chi connectivity index (χ2n) is 7.08. The number of carbonyl (C=O) groups is 1. The Balaban J connectivity index is 1.65. The van der Waals surface area contributed by atoms with Crippen LogP contribution in [0.4, 0.5) is 0 Å². The van der Waals surface area contributed by atoms with Gasteiger partial charge in [0.05, 0.1) is 0 Å². The number of aromatic amines is 2. The number of aromatic nitrogens is 6. The van der Waals surface area contributed by atoms with E-state index in [2.05, 4.69) is 30.6 Å². The first-order chi connectivity index (χ1) is 15.1. The Labute approximate surface area is 176 Å². The number of aliphatic hydroxyl groups is 1. The number of H-pyrrole nitrogens is 2. The van der Waals surface area contributed by atoms with E-state index < -0.39 is 11.5 Å². The molecule has 5 rings (SSSR count). The van der Waals surface area contributed by atoms with E-state index in [4.69, 9.17) is 5.73 Å². The topological polar surface area (TPSA) is 146 Å². The van der Waals surface area contributed by atoms with Gasteiger partial charge in [0, 0.05) is 28.9 Å². The minimum absolute atomic E-state index is 0.375. The number of nitrogens with one attached hydrogen (secondary N) is 2. The molecule has 0 aliphatic rings. The van der Waals surface area contributed by atoms with Crippen molar-refractivity contribution < 1.29 is 9.90 Å². The van der Waals surface area contributed by atoms with Crippen LogP contribution in [0.1, 0.15) is 11.1 Å². The predicted octanol–water partition coefficient (Wildman–Crippen LogP) is 2.13. The molecule has 0 fully saturated rings. The lowest BCUT2D eigenvalue weighted by atomic mass is 9.84. The lowest BCUT2D eigenvalue weighted by Crippen LogP contribution is -2.42. The first kappa shape index (κ1) is 18.6. The van der Waals surface area contributed by atoms with Crippen molar-refractivity contribution in [1.82, 2.24) is 30.6 Å². The van der Waals surface area contributed by atoms with Crippen LogP contribution in [0, 0.1) is 0 Å². The van der Waals surface area contributed by atoms with E-state index in [0.29, 0.717) is 28.2 Å². The smallest absolute Gasteiger partial charge is 0.258 e. The van der Waals surface area contributed by atoms with Crippen molar-refractivity contribution in [3.8, 4) is 22.5 Å². The molecule has 9 heteroatoms. The molecule has 5 N–H and O–H groups in total. The summed E-state index contributed by atoms with van der Waals surface area (Å²) in [6.45, 7) is 0. The highest BCUT2D eigenvalue weighted by molar-refractivity contribution is 5.96. The molecule has 9 nitrogen and oxygen atoms in total. The van der Waals surface area contributed by atoms with Crippen LogP contribution in [0.5, 0.6) is 0 Å². The van der Waals surface area contributed by atoms with Gasteiger partial charge in [-0.05, 0) is 34.0 Å². The molecule has 0 saturated heterocycles. The monoisotopic (exact) mass is 411 g/mol. The number of pyridine rings is 1. The number of carbonyl (C=O) groups excluding carboxylic acids is 1. The zero-order chi connectivity index (χ0) is 21.4. The zero-order valence-corrected chi connectivity index (χ0v) is 16.1. The Morgan fingerprint density at radius 2 is 1.81 bits per heavy atom. The van der Waals surface area contributed by atoms with Crippen LogP contribution in [-0.2, 0) is 10.4 Å². The molecular formula is C22H17N7O2. The maximum Gasteiger partial charge on any atom is 0.258 e. The highest BCUT2D eigenvalue weighted by atomic mass is 16.3. The quantitative estimate of drug-likeness (QED) is 0.348. The van der Waals surface area contributed by atoms with Gasteiger partial charge in [-0.25, -0.2) is 4.98 Å². The molecule has 0 radical (unpaired) electrons. The number of hydrogen-bond acceptors (Lipinski definition) is 6. The second kappa shape index (κ2) is 7.15. The highest BCUT2D eigenvalue weighted by Gasteiger charge is 2.38. The molecule has 1 atom stereocenters. The van der Waals surface area contributed by atoms with Crippen molar-refractivity contribution >= 4 is 16.9 Å². The lowest BCUT2D eigenvalue weighted by Gasteiger charge is -2.26. The number of rotatable bonds is 5. The van der Waals surface area contributed by atoms with Crippen molar-refractivity contribution in [3.63, 3.8) is 0 Å². The third kappa shape index (κ3) is 3.04. The van der Waals surface area contributed by atoms with Crippen LogP contribution < -0.4 is 5.73 Å². The number of hydrogen-bond donors (Lipinski definition) is 4. The molecule has 2 aromatic carbocycles. The van der Waals surface area contributed by atoms with Gasteiger partial charge in [-0.1, -0.05) is 48.5 Å². The standard InChI is InChI=1S/C22H17N7O2/c23-21(30)22(31,15-6-2-1-3-7-15)16-8-4-5-13(9-16)18-12-25-20-17(18)10-14(11-24-20)19-26-28-29-27-19/h1-12,31H,(H2,23,30)(H,24,25)(H,26,27,28,29). The largest absolute Gasteiger partial charge is 0.372 e. The molecule has 0 spiro atoms. The van der Waals surface area contributed by atoms with Gasteiger partial charge in [-0.3, -0.25) is 4.79 Å². The number of benzene rings is 2. The summed E-state index contributed by atoms with van der Waals surface area (Å²) in [4.78, 5) is 19.9.